The molecule has 0 saturated heterocycles. The predicted octanol–water partition coefficient (Wildman–Crippen LogP) is 2.14. The van der Waals surface area contributed by atoms with E-state index in [0.717, 1.165) is 11.5 Å². The zero-order valence-electron chi connectivity index (χ0n) is 11.7. The summed E-state index contributed by atoms with van der Waals surface area (Å²) in [4.78, 5) is 13.7. The van der Waals surface area contributed by atoms with Crippen molar-refractivity contribution < 1.29 is 14.3 Å². The monoisotopic (exact) mass is 253 g/mol. The SMILES string of the molecule is CCN(CC(C)(C)O)C(=O)CCc1ccc(C)o1. The van der Waals surface area contributed by atoms with E-state index in [1.54, 1.807) is 18.7 Å². The molecule has 1 aromatic rings. The van der Waals surface area contributed by atoms with E-state index in [2.05, 4.69) is 0 Å². The number of carbonyl (C=O) groups is 1. The first-order valence-electron chi connectivity index (χ1n) is 6.37. The quantitative estimate of drug-likeness (QED) is 0.845. The standard InChI is InChI=1S/C14H23NO3/c1-5-15(10-14(3,4)17)13(16)9-8-12-7-6-11(2)18-12/h6-7,17H,5,8-10H2,1-4H3. The number of nitrogens with zero attached hydrogens (tertiary/aromatic N) is 1. The van der Waals surface area contributed by atoms with Gasteiger partial charge in [0.05, 0.1) is 5.60 Å². The number of carbonyl (C=O) groups excluding carboxylic acids is 1. The highest BCUT2D eigenvalue weighted by molar-refractivity contribution is 5.76. The maximum absolute atomic E-state index is 12.0. The maximum Gasteiger partial charge on any atom is 0.223 e. The minimum atomic E-state index is -0.854. The van der Waals surface area contributed by atoms with E-state index in [1.807, 2.05) is 26.0 Å². The summed E-state index contributed by atoms with van der Waals surface area (Å²) >= 11 is 0. The van der Waals surface area contributed by atoms with Gasteiger partial charge in [-0.25, -0.2) is 0 Å². The molecule has 1 rings (SSSR count). The Morgan fingerprint density at radius 2 is 2.11 bits per heavy atom. The molecule has 0 aliphatic heterocycles. The smallest absolute Gasteiger partial charge is 0.223 e. The van der Waals surface area contributed by atoms with Crippen LogP contribution < -0.4 is 0 Å². The van der Waals surface area contributed by atoms with Gasteiger partial charge in [-0.1, -0.05) is 0 Å². The predicted molar refractivity (Wildman–Crippen MR) is 70.3 cm³/mol. The van der Waals surface area contributed by atoms with Gasteiger partial charge in [0, 0.05) is 25.9 Å². The van der Waals surface area contributed by atoms with Crippen LogP contribution in [0.25, 0.3) is 0 Å². The Morgan fingerprint density at radius 1 is 1.44 bits per heavy atom. The summed E-state index contributed by atoms with van der Waals surface area (Å²) in [5, 5.41) is 9.74. The van der Waals surface area contributed by atoms with Gasteiger partial charge in [-0.05, 0) is 39.8 Å². The highest BCUT2D eigenvalue weighted by atomic mass is 16.3. The van der Waals surface area contributed by atoms with Gasteiger partial charge >= 0.3 is 0 Å². The summed E-state index contributed by atoms with van der Waals surface area (Å²) in [6.07, 6.45) is 1.02. The number of likely N-dealkylation sites (N-methyl/N-ethyl adjacent to an activating group) is 1. The molecule has 0 aliphatic carbocycles. The largest absolute Gasteiger partial charge is 0.466 e. The van der Waals surface area contributed by atoms with E-state index in [4.69, 9.17) is 4.42 Å². The summed E-state index contributed by atoms with van der Waals surface area (Å²) in [5.41, 5.74) is -0.854. The molecule has 4 heteroatoms. The van der Waals surface area contributed by atoms with Crippen LogP contribution in [0.4, 0.5) is 0 Å². The lowest BCUT2D eigenvalue weighted by Crippen LogP contribution is -2.42. The van der Waals surface area contributed by atoms with E-state index in [1.165, 1.54) is 0 Å². The summed E-state index contributed by atoms with van der Waals surface area (Å²) in [5.74, 6) is 1.75. The molecule has 18 heavy (non-hydrogen) atoms. The van der Waals surface area contributed by atoms with Crippen LogP contribution in [0.5, 0.6) is 0 Å². The number of aryl methyl sites for hydroxylation is 2. The lowest BCUT2D eigenvalue weighted by Gasteiger charge is -2.28. The first-order valence-corrected chi connectivity index (χ1v) is 6.37. The molecule has 0 spiro atoms. The number of hydrogen-bond acceptors (Lipinski definition) is 3. The lowest BCUT2D eigenvalue weighted by atomic mass is 10.1. The molecule has 0 bridgehead atoms. The Balaban J connectivity index is 2.47. The molecule has 0 atom stereocenters. The molecule has 0 unspecified atom stereocenters. The first-order chi connectivity index (χ1) is 8.31. The molecule has 0 aliphatic rings. The normalized spacial score (nSPS) is 11.6. The van der Waals surface area contributed by atoms with Crippen molar-refractivity contribution in [3.8, 4) is 0 Å². The Morgan fingerprint density at radius 3 is 2.56 bits per heavy atom. The van der Waals surface area contributed by atoms with Crippen molar-refractivity contribution in [3.63, 3.8) is 0 Å². The van der Waals surface area contributed by atoms with Gasteiger partial charge in [-0.3, -0.25) is 4.79 Å². The van der Waals surface area contributed by atoms with Crippen LogP contribution in [0.1, 0.15) is 38.7 Å². The van der Waals surface area contributed by atoms with Gasteiger partial charge in [0.2, 0.25) is 5.91 Å². The van der Waals surface area contributed by atoms with Crippen molar-refractivity contribution in [3.05, 3.63) is 23.7 Å². The van der Waals surface area contributed by atoms with Crippen LogP contribution in [0.15, 0.2) is 16.5 Å². The van der Waals surface area contributed by atoms with Gasteiger partial charge in [0.25, 0.3) is 0 Å². The van der Waals surface area contributed by atoms with Crippen molar-refractivity contribution in [2.75, 3.05) is 13.1 Å². The average molecular weight is 253 g/mol. The number of aliphatic hydroxyl groups is 1. The number of amides is 1. The Hall–Kier alpha value is -1.29. The highest BCUT2D eigenvalue weighted by Gasteiger charge is 2.21. The van der Waals surface area contributed by atoms with Crippen LogP contribution >= 0.6 is 0 Å². The Kier molecular flexibility index (Phi) is 4.96. The number of hydrogen-bond donors (Lipinski definition) is 1. The van der Waals surface area contributed by atoms with Gasteiger partial charge in [-0.2, -0.15) is 0 Å². The highest BCUT2D eigenvalue weighted by Crippen LogP contribution is 2.11. The fraction of sp³-hybridized carbons (Fsp3) is 0.643. The second-order valence-electron chi connectivity index (χ2n) is 5.23. The van der Waals surface area contributed by atoms with Crippen LogP contribution in [-0.2, 0) is 11.2 Å². The van der Waals surface area contributed by atoms with Crippen LogP contribution in [0.2, 0.25) is 0 Å². The van der Waals surface area contributed by atoms with Crippen LogP contribution in [0, 0.1) is 6.92 Å². The minimum Gasteiger partial charge on any atom is -0.466 e. The second-order valence-corrected chi connectivity index (χ2v) is 5.23. The fourth-order valence-corrected chi connectivity index (χ4v) is 1.85. The summed E-state index contributed by atoms with van der Waals surface area (Å²) < 4.78 is 5.43. The maximum atomic E-state index is 12.0. The van der Waals surface area contributed by atoms with E-state index in [0.29, 0.717) is 25.9 Å². The third-order valence-electron chi connectivity index (χ3n) is 2.69. The minimum absolute atomic E-state index is 0.0497. The van der Waals surface area contributed by atoms with Crippen molar-refractivity contribution in [1.82, 2.24) is 4.90 Å². The second kappa shape index (κ2) is 6.05. The Labute approximate surface area is 109 Å². The van der Waals surface area contributed by atoms with Crippen LogP contribution in [-0.4, -0.2) is 34.6 Å². The molecule has 0 radical (unpaired) electrons. The molecule has 1 N–H and O–H groups in total. The molecule has 4 nitrogen and oxygen atoms in total. The van der Waals surface area contributed by atoms with Crippen LogP contribution in [0.3, 0.4) is 0 Å². The summed E-state index contributed by atoms with van der Waals surface area (Å²) in [6.45, 7) is 8.19. The molecular formula is C14H23NO3. The molecule has 0 saturated carbocycles. The third-order valence-corrected chi connectivity index (χ3v) is 2.69. The van der Waals surface area contributed by atoms with E-state index < -0.39 is 5.60 Å². The summed E-state index contributed by atoms with van der Waals surface area (Å²) in [7, 11) is 0. The van der Waals surface area contributed by atoms with Crippen molar-refractivity contribution >= 4 is 5.91 Å². The number of furan rings is 1. The van der Waals surface area contributed by atoms with E-state index in [9.17, 15) is 9.90 Å². The molecule has 102 valence electrons. The number of rotatable bonds is 6. The zero-order chi connectivity index (χ0) is 13.8. The van der Waals surface area contributed by atoms with Gasteiger partial charge in [-0.15, -0.1) is 0 Å². The zero-order valence-corrected chi connectivity index (χ0v) is 11.7. The molecule has 1 aromatic heterocycles. The van der Waals surface area contributed by atoms with E-state index in [-0.39, 0.29) is 5.91 Å². The Bertz CT molecular complexity index is 390. The topological polar surface area (TPSA) is 53.7 Å². The third kappa shape index (κ3) is 4.92. The van der Waals surface area contributed by atoms with Gasteiger partial charge in [0.1, 0.15) is 11.5 Å². The lowest BCUT2D eigenvalue weighted by molar-refractivity contribution is -0.133. The fourth-order valence-electron chi connectivity index (χ4n) is 1.85. The molecule has 0 fully saturated rings. The van der Waals surface area contributed by atoms with Crippen molar-refractivity contribution in [2.24, 2.45) is 0 Å². The molecule has 0 aromatic carbocycles. The van der Waals surface area contributed by atoms with Crippen molar-refractivity contribution in [1.29, 1.82) is 0 Å². The van der Waals surface area contributed by atoms with Gasteiger partial charge < -0.3 is 14.4 Å². The summed E-state index contributed by atoms with van der Waals surface area (Å²) in [6, 6.07) is 3.79. The van der Waals surface area contributed by atoms with E-state index >= 15 is 0 Å². The molecular weight excluding hydrogens is 230 g/mol. The molecule has 1 amide bonds. The van der Waals surface area contributed by atoms with Crippen molar-refractivity contribution in [2.45, 2.75) is 46.1 Å². The molecule has 1 heterocycles. The first kappa shape index (κ1) is 14.8. The average Bonchev–Trinajstić information content (AvgIpc) is 2.67. The van der Waals surface area contributed by atoms with Gasteiger partial charge in [0.15, 0.2) is 0 Å².